The summed E-state index contributed by atoms with van der Waals surface area (Å²) in [6, 6.07) is 13.9. The first-order chi connectivity index (χ1) is 13.5. The molecule has 0 saturated heterocycles. The van der Waals surface area contributed by atoms with E-state index in [0.29, 0.717) is 22.4 Å². The Labute approximate surface area is 161 Å². The van der Waals surface area contributed by atoms with Gasteiger partial charge in [0.05, 0.1) is 12.1 Å². The minimum atomic E-state index is -0.511. The predicted molar refractivity (Wildman–Crippen MR) is 106 cm³/mol. The first-order valence-electron chi connectivity index (χ1n) is 8.67. The maximum atomic E-state index is 12.3. The molecule has 0 bridgehead atoms. The number of benzene rings is 2. The fourth-order valence-corrected chi connectivity index (χ4v) is 2.81. The van der Waals surface area contributed by atoms with E-state index >= 15 is 0 Å². The van der Waals surface area contributed by atoms with E-state index in [1.54, 1.807) is 48.5 Å². The maximum absolute atomic E-state index is 12.3. The van der Waals surface area contributed by atoms with E-state index in [1.165, 1.54) is 16.5 Å². The van der Waals surface area contributed by atoms with Crippen molar-refractivity contribution in [3.05, 3.63) is 64.6 Å². The minimum absolute atomic E-state index is 0.0692. The standard InChI is InChI=1S/C21H19N3O4/c1-3-15-7-6-8-16(13-15)22-19(25)14-23(2)20(26)11-12-24-17-9-4-5-10-18(17)28-21(24)27/h1,4-10,13H,11-12,14H2,2H3,(H,22,25). The molecular formula is C21H19N3O4. The van der Waals surface area contributed by atoms with E-state index < -0.39 is 5.76 Å². The van der Waals surface area contributed by atoms with Crippen LogP contribution in [0.4, 0.5) is 5.69 Å². The number of terminal acetylenes is 1. The molecule has 1 N–H and O–H groups in total. The Bertz CT molecular complexity index is 1120. The number of anilines is 1. The summed E-state index contributed by atoms with van der Waals surface area (Å²) in [5, 5.41) is 2.71. The topological polar surface area (TPSA) is 84.5 Å². The van der Waals surface area contributed by atoms with Gasteiger partial charge in [0, 0.05) is 31.3 Å². The zero-order valence-electron chi connectivity index (χ0n) is 15.3. The van der Waals surface area contributed by atoms with Gasteiger partial charge in [0.1, 0.15) is 0 Å². The molecular weight excluding hydrogens is 358 g/mol. The van der Waals surface area contributed by atoms with Gasteiger partial charge in [-0.2, -0.15) is 0 Å². The molecule has 0 aliphatic rings. The fourth-order valence-electron chi connectivity index (χ4n) is 2.81. The monoisotopic (exact) mass is 377 g/mol. The van der Waals surface area contributed by atoms with Gasteiger partial charge in [-0.3, -0.25) is 14.2 Å². The second kappa shape index (κ2) is 8.27. The first kappa shape index (κ1) is 19.0. The van der Waals surface area contributed by atoms with Crippen molar-refractivity contribution in [3.8, 4) is 12.3 Å². The molecule has 0 fully saturated rings. The lowest BCUT2D eigenvalue weighted by Gasteiger charge is -2.17. The number of carbonyl (C=O) groups excluding carboxylic acids is 2. The highest BCUT2D eigenvalue weighted by Gasteiger charge is 2.15. The molecule has 0 aliphatic carbocycles. The summed E-state index contributed by atoms with van der Waals surface area (Å²) in [4.78, 5) is 37.8. The van der Waals surface area contributed by atoms with Crippen LogP contribution in [0.2, 0.25) is 0 Å². The van der Waals surface area contributed by atoms with Crippen LogP contribution in [0.5, 0.6) is 0 Å². The molecule has 2 amide bonds. The molecule has 0 saturated carbocycles. The third kappa shape index (κ3) is 4.30. The highest BCUT2D eigenvalue weighted by atomic mass is 16.4. The predicted octanol–water partition coefficient (Wildman–Crippen LogP) is 2.06. The molecule has 28 heavy (non-hydrogen) atoms. The number of aryl methyl sites for hydroxylation is 1. The Morgan fingerprint density at radius 1 is 1.21 bits per heavy atom. The summed E-state index contributed by atoms with van der Waals surface area (Å²) < 4.78 is 6.56. The molecule has 0 unspecified atom stereocenters. The number of rotatable bonds is 6. The third-order valence-corrected chi connectivity index (χ3v) is 4.24. The zero-order valence-corrected chi connectivity index (χ0v) is 15.3. The number of amides is 2. The number of aromatic nitrogens is 1. The Morgan fingerprint density at radius 2 is 2.00 bits per heavy atom. The largest absolute Gasteiger partial charge is 0.419 e. The summed E-state index contributed by atoms with van der Waals surface area (Å²) in [6.07, 6.45) is 5.41. The van der Waals surface area contributed by atoms with Crippen molar-refractivity contribution in [1.82, 2.24) is 9.47 Å². The van der Waals surface area contributed by atoms with Gasteiger partial charge < -0.3 is 14.6 Å². The van der Waals surface area contributed by atoms with Gasteiger partial charge >= 0.3 is 5.76 Å². The van der Waals surface area contributed by atoms with Gasteiger partial charge in [0.15, 0.2) is 5.58 Å². The van der Waals surface area contributed by atoms with Crippen LogP contribution in [0.25, 0.3) is 11.1 Å². The van der Waals surface area contributed by atoms with Crippen molar-refractivity contribution < 1.29 is 14.0 Å². The van der Waals surface area contributed by atoms with Gasteiger partial charge in [0.2, 0.25) is 11.8 Å². The number of nitrogens with zero attached hydrogens (tertiary/aromatic N) is 2. The van der Waals surface area contributed by atoms with Crippen molar-refractivity contribution in [1.29, 1.82) is 0 Å². The van der Waals surface area contributed by atoms with Gasteiger partial charge in [0.25, 0.3) is 0 Å². The summed E-state index contributed by atoms with van der Waals surface area (Å²) in [7, 11) is 1.54. The number of hydrogen-bond acceptors (Lipinski definition) is 4. The van der Waals surface area contributed by atoms with Crippen LogP contribution in [-0.4, -0.2) is 34.9 Å². The number of nitrogens with one attached hydrogen (secondary N) is 1. The molecule has 0 atom stereocenters. The molecule has 142 valence electrons. The number of oxazole rings is 1. The highest BCUT2D eigenvalue weighted by Crippen LogP contribution is 2.12. The van der Waals surface area contributed by atoms with E-state index in [9.17, 15) is 14.4 Å². The molecule has 1 heterocycles. The molecule has 0 spiro atoms. The number of para-hydroxylation sites is 2. The first-order valence-corrected chi connectivity index (χ1v) is 8.67. The molecule has 2 aromatic carbocycles. The number of fused-ring (bicyclic) bond motifs is 1. The van der Waals surface area contributed by atoms with E-state index in [2.05, 4.69) is 11.2 Å². The molecule has 0 radical (unpaired) electrons. The smallest absolute Gasteiger partial charge is 0.408 e. The lowest BCUT2D eigenvalue weighted by atomic mass is 10.2. The molecule has 7 nitrogen and oxygen atoms in total. The Balaban J connectivity index is 1.57. The SMILES string of the molecule is C#Cc1cccc(NC(=O)CN(C)C(=O)CCn2c(=O)oc3ccccc32)c1. The average molecular weight is 377 g/mol. The van der Waals surface area contributed by atoms with Crippen LogP contribution >= 0.6 is 0 Å². The zero-order chi connectivity index (χ0) is 20.1. The average Bonchev–Trinajstić information content (AvgIpc) is 3.01. The normalized spacial score (nSPS) is 10.4. The second-order valence-electron chi connectivity index (χ2n) is 6.26. The van der Waals surface area contributed by atoms with Crippen LogP contribution in [0.15, 0.2) is 57.7 Å². The van der Waals surface area contributed by atoms with Crippen LogP contribution in [0.3, 0.4) is 0 Å². The van der Waals surface area contributed by atoms with Gasteiger partial charge in [-0.15, -0.1) is 6.42 Å². The molecule has 3 aromatic rings. The summed E-state index contributed by atoms with van der Waals surface area (Å²) in [6.45, 7) is 0.0605. The minimum Gasteiger partial charge on any atom is -0.408 e. The van der Waals surface area contributed by atoms with Gasteiger partial charge in [-0.25, -0.2) is 4.79 Å². The van der Waals surface area contributed by atoms with Crippen LogP contribution in [-0.2, 0) is 16.1 Å². The summed E-state index contributed by atoms with van der Waals surface area (Å²) in [5.41, 5.74) is 2.33. The van der Waals surface area contributed by atoms with E-state index in [1.807, 2.05) is 0 Å². The number of carbonyl (C=O) groups is 2. The third-order valence-electron chi connectivity index (χ3n) is 4.24. The van der Waals surface area contributed by atoms with Gasteiger partial charge in [-0.05, 0) is 30.3 Å². The summed E-state index contributed by atoms with van der Waals surface area (Å²) >= 11 is 0. The maximum Gasteiger partial charge on any atom is 0.419 e. The van der Waals surface area contributed by atoms with Crippen molar-refractivity contribution in [2.75, 3.05) is 18.9 Å². The Kier molecular flexibility index (Phi) is 5.61. The van der Waals surface area contributed by atoms with E-state index in [-0.39, 0.29) is 31.3 Å². The van der Waals surface area contributed by atoms with Crippen molar-refractivity contribution in [2.45, 2.75) is 13.0 Å². The summed E-state index contributed by atoms with van der Waals surface area (Å²) in [5.74, 6) is 1.39. The molecule has 0 aliphatic heterocycles. The Morgan fingerprint density at radius 3 is 2.79 bits per heavy atom. The quantitative estimate of drug-likeness (QED) is 0.667. The van der Waals surface area contributed by atoms with E-state index in [4.69, 9.17) is 10.8 Å². The van der Waals surface area contributed by atoms with Crippen molar-refractivity contribution >= 4 is 28.6 Å². The second-order valence-corrected chi connectivity index (χ2v) is 6.26. The van der Waals surface area contributed by atoms with Gasteiger partial charge in [-0.1, -0.05) is 24.1 Å². The van der Waals surface area contributed by atoms with Crippen molar-refractivity contribution in [2.24, 2.45) is 0 Å². The highest BCUT2D eigenvalue weighted by molar-refractivity contribution is 5.94. The number of hydrogen-bond donors (Lipinski definition) is 1. The van der Waals surface area contributed by atoms with Crippen LogP contribution in [0, 0.1) is 12.3 Å². The van der Waals surface area contributed by atoms with Crippen LogP contribution in [0.1, 0.15) is 12.0 Å². The lowest BCUT2D eigenvalue weighted by molar-refractivity contribution is -0.133. The molecule has 7 heteroatoms. The van der Waals surface area contributed by atoms with E-state index in [0.717, 1.165) is 0 Å². The van der Waals surface area contributed by atoms with Crippen molar-refractivity contribution in [3.63, 3.8) is 0 Å². The lowest BCUT2D eigenvalue weighted by Crippen LogP contribution is -2.35. The molecule has 1 aromatic heterocycles. The fraction of sp³-hybridized carbons (Fsp3) is 0.190. The molecule has 3 rings (SSSR count). The van der Waals surface area contributed by atoms with Crippen LogP contribution < -0.4 is 11.1 Å². The Hall–Kier alpha value is -3.79. The number of likely N-dealkylation sites (N-methyl/N-ethyl adjacent to an activating group) is 1.